The van der Waals surface area contributed by atoms with E-state index in [4.69, 9.17) is 14.2 Å². The van der Waals surface area contributed by atoms with Crippen LogP contribution in [0.2, 0.25) is 0 Å². The fourth-order valence-corrected chi connectivity index (χ4v) is 2.90. The highest BCUT2D eigenvalue weighted by atomic mass is 16.5. The summed E-state index contributed by atoms with van der Waals surface area (Å²) in [5.74, 6) is 0.347. The van der Waals surface area contributed by atoms with Crippen LogP contribution in [-0.4, -0.2) is 64.5 Å². The van der Waals surface area contributed by atoms with Gasteiger partial charge >= 0.3 is 0 Å². The van der Waals surface area contributed by atoms with Crippen LogP contribution in [0, 0.1) is 0 Å². The number of quaternary nitrogens is 1. The van der Waals surface area contributed by atoms with E-state index in [1.54, 1.807) is 36.3 Å². The summed E-state index contributed by atoms with van der Waals surface area (Å²) >= 11 is 0. The second kappa shape index (κ2) is 14.8. The van der Waals surface area contributed by atoms with Crippen molar-refractivity contribution in [1.82, 2.24) is 5.32 Å². The van der Waals surface area contributed by atoms with E-state index < -0.39 is 0 Å². The molecule has 1 aromatic rings. The molecule has 0 aromatic heterocycles. The number of hydrogen-bond donors (Lipinski definition) is 2. The molecule has 2 N–H and O–H groups in total. The van der Waals surface area contributed by atoms with Crippen LogP contribution in [-0.2, 0) is 9.47 Å². The van der Waals surface area contributed by atoms with Crippen LogP contribution in [0.5, 0.6) is 5.75 Å². The summed E-state index contributed by atoms with van der Waals surface area (Å²) in [6.07, 6.45) is 2.02. The number of nitrogens with one attached hydrogen (secondary N) is 2. The van der Waals surface area contributed by atoms with Gasteiger partial charge < -0.3 is 19.1 Å². The van der Waals surface area contributed by atoms with E-state index in [1.165, 1.54) is 0 Å². The van der Waals surface area contributed by atoms with E-state index >= 15 is 0 Å². The Morgan fingerprint density at radius 1 is 1.21 bits per heavy atom. The molecule has 1 amide bonds. The van der Waals surface area contributed by atoms with E-state index in [9.17, 15) is 4.79 Å². The summed E-state index contributed by atoms with van der Waals surface area (Å²) in [5.41, 5.74) is 0.489. The zero-order chi connectivity index (χ0) is 21.5. The molecule has 1 atom stereocenters. The van der Waals surface area contributed by atoms with E-state index in [0.29, 0.717) is 31.1 Å². The van der Waals surface area contributed by atoms with E-state index in [2.05, 4.69) is 24.2 Å². The van der Waals surface area contributed by atoms with Crippen molar-refractivity contribution >= 4 is 11.9 Å². The van der Waals surface area contributed by atoms with Gasteiger partial charge in [-0.05, 0) is 58.7 Å². The Kier molecular flexibility index (Phi) is 12.7. The molecule has 1 aromatic carbocycles. The predicted molar refractivity (Wildman–Crippen MR) is 116 cm³/mol. The lowest BCUT2D eigenvalue weighted by molar-refractivity contribution is -0.896. The topological polar surface area (TPSA) is 73.6 Å². The van der Waals surface area contributed by atoms with Crippen LogP contribution in [0.4, 0.5) is 0 Å². The minimum Gasteiger partial charge on any atom is -0.497 e. The molecule has 7 nitrogen and oxygen atoms in total. The molecule has 0 saturated carbocycles. The number of carbonyl (C=O) groups excluding carboxylic acids is 1. The molecule has 0 aliphatic rings. The third-order valence-electron chi connectivity index (χ3n) is 4.71. The summed E-state index contributed by atoms with van der Waals surface area (Å²) in [6.45, 7) is 13.2. The van der Waals surface area contributed by atoms with Crippen LogP contribution in [0.3, 0.4) is 0 Å². The Morgan fingerprint density at radius 3 is 2.62 bits per heavy atom. The summed E-state index contributed by atoms with van der Waals surface area (Å²) in [7, 11) is 1.57. The Bertz CT molecular complexity index is 618. The van der Waals surface area contributed by atoms with Crippen molar-refractivity contribution in [3.8, 4) is 5.75 Å². The predicted octanol–water partition coefficient (Wildman–Crippen LogP) is 1.93. The zero-order valence-corrected chi connectivity index (χ0v) is 18.6. The van der Waals surface area contributed by atoms with Gasteiger partial charge in [0.25, 0.3) is 11.9 Å². The van der Waals surface area contributed by atoms with Crippen molar-refractivity contribution in [3.05, 3.63) is 29.8 Å². The SMILES string of the molecule is CCOCCOC(=N[C@H](C)CCC[NH+](CC)CC)NC(=O)c1cccc(OC)c1. The van der Waals surface area contributed by atoms with Crippen LogP contribution in [0.15, 0.2) is 29.3 Å². The Morgan fingerprint density at radius 2 is 1.97 bits per heavy atom. The summed E-state index contributed by atoms with van der Waals surface area (Å²) in [4.78, 5) is 18.8. The second-order valence-electron chi connectivity index (χ2n) is 6.86. The molecule has 0 radical (unpaired) electrons. The van der Waals surface area contributed by atoms with Gasteiger partial charge in [0.05, 0.1) is 39.4 Å². The first-order chi connectivity index (χ1) is 14.0. The zero-order valence-electron chi connectivity index (χ0n) is 18.6. The van der Waals surface area contributed by atoms with Gasteiger partial charge in [-0.1, -0.05) is 6.07 Å². The average Bonchev–Trinajstić information content (AvgIpc) is 2.74. The molecule has 29 heavy (non-hydrogen) atoms. The number of carbonyl (C=O) groups is 1. The fourth-order valence-electron chi connectivity index (χ4n) is 2.90. The van der Waals surface area contributed by atoms with Crippen molar-refractivity contribution in [3.63, 3.8) is 0 Å². The van der Waals surface area contributed by atoms with Gasteiger partial charge in [-0.15, -0.1) is 0 Å². The quantitative estimate of drug-likeness (QED) is 0.297. The molecule has 0 bridgehead atoms. The van der Waals surface area contributed by atoms with Gasteiger partial charge in [-0.2, -0.15) is 0 Å². The first-order valence-corrected chi connectivity index (χ1v) is 10.6. The highest BCUT2D eigenvalue weighted by molar-refractivity contribution is 6.04. The fraction of sp³-hybridized carbons (Fsp3) is 0.636. The maximum atomic E-state index is 12.6. The number of nitrogens with zero attached hydrogens (tertiary/aromatic N) is 1. The minimum atomic E-state index is -0.279. The number of methoxy groups -OCH3 is 1. The van der Waals surface area contributed by atoms with Crippen molar-refractivity contribution in [2.24, 2.45) is 4.99 Å². The van der Waals surface area contributed by atoms with Gasteiger partial charge in [0, 0.05) is 12.2 Å². The molecular formula is C22H38N3O4+. The molecule has 0 unspecified atom stereocenters. The Balaban J connectivity index is 2.72. The third kappa shape index (κ3) is 10.3. The monoisotopic (exact) mass is 408 g/mol. The van der Waals surface area contributed by atoms with Crippen molar-refractivity contribution in [2.75, 3.05) is 46.6 Å². The molecule has 0 saturated heterocycles. The van der Waals surface area contributed by atoms with Crippen molar-refractivity contribution in [1.29, 1.82) is 0 Å². The molecule has 0 aliphatic carbocycles. The van der Waals surface area contributed by atoms with Gasteiger partial charge in [0.2, 0.25) is 0 Å². The summed E-state index contributed by atoms with van der Waals surface area (Å²) in [5, 5.41) is 2.79. The molecule has 0 aliphatic heterocycles. The first kappa shape index (κ1) is 24.9. The minimum absolute atomic E-state index is 0.0534. The van der Waals surface area contributed by atoms with Crippen molar-refractivity contribution in [2.45, 2.75) is 46.6 Å². The lowest BCUT2D eigenvalue weighted by atomic mass is 10.2. The number of amides is 1. The van der Waals surface area contributed by atoms with Gasteiger partial charge in [0.1, 0.15) is 12.4 Å². The molecule has 1 rings (SSSR count). The lowest BCUT2D eigenvalue weighted by Crippen LogP contribution is -3.11. The smallest absolute Gasteiger partial charge is 0.292 e. The van der Waals surface area contributed by atoms with Crippen LogP contribution in [0.1, 0.15) is 50.9 Å². The van der Waals surface area contributed by atoms with Crippen LogP contribution >= 0.6 is 0 Å². The number of benzene rings is 1. The molecular weight excluding hydrogens is 370 g/mol. The molecule has 7 heteroatoms. The van der Waals surface area contributed by atoms with Crippen molar-refractivity contribution < 1.29 is 23.9 Å². The number of ether oxygens (including phenoxy) is 3. The van der Waals surface area contributed by atoms with Crippen LogP contribution < -0.4 is 15.0 Å². The molecule has 0 fully saturated rings. The summed E-state index contributed by atoms with van der Waals surface area (Å²) in [6, 6.07) is 7.27. The number of amidine groups is 1. The standard InChI is InChI=1S/C22H37N3O4/c1-6-25(7-2)14-10-11-18(4)23-22(29-16-15-28-8-3)24-21(26)19-12-9-13-20(17-19)27-5/h9,12-13,17-18H,6-8,10-11,14-16H2,1-5H3,(H,23,24,26)/p+1/t18-/m1/s1. The molecule has 164 valence electrons. The van der Waals surface area contributed by atoms with Crippen LogP contribution in [0.25, 0.3) is 0 Å². The van der Waals surface area contributed by atoms with E-state index in [1.807, 2.05) is 13.8 Å². The third-order valence-corrected chi connectivity index (χ3v) is 4.71. The Hall–Kier alpha value is -2.12. The van der Waals surface area contributed by atoms with E-state index in [0.717, 1.165) is 32.5 Å². The molecule has 0 spiro atoms. The number of rotatable bonds is 13. The second-order valence-corrected chi connectivity index (χ2v) is 6.86. The summed E-state index contributed by atoms with van der Waals surface area (Å²) < 4.78 is 16.2. The maximum absolute atomic E-state index is 12.6. The average molecular weight is 409 g/mol. The number of aliphatic imine (C=N–C) groups is 1. The first-order valence-electron chi connectivity index (χ1n) is 10.6. The highest BCUT2D eigenvalue weighted by Crippen LogP contribution is 2.12. The largest absolute Gasteiger partial charge is 0.497 e. The van der Waals surface area contributed by atoms with E-state index in [-0.39, 0.29) is 18.0 Å². The van der Waals surface area contributed by atoms with Gasteiger partial charge in [-0.25, -0.2) is 4.99 Å². The maximum Gasteiger partial charge on any atom is 0.292 e. The Labute approximate surface area is 175 Å². The number of hydrogen-bond acceptors (Lipinski definition) is 5. The molecule has 0 heterocycles. The highest BCUT2D eigenvalue weighted by Gasteiger charge is 2.13. The lowest BCUT2D eigenvalue weighted by Gasteiger charge is -2.17. The van der Waals surface area contributed by atoms with Gasteiger partial charge in [0.15, 0.2) is 0 Å². The van der Waals surface area contributed by atoms with Gasteiger partial charge in [-0.3, -0.25) is 10.1 Å². The normalized spacial score (nSPS) is 12.7.